The molecule has 17 heavy (non-hydrogen) atoms. The highest BCUT2D eigenvalue weighted by atomic mass is 16.3. The van der Waals surface area contributed by atoms with E-state index in [0.717, 1.165) is 26.1 Å². The fraction of sp³-hybridized carbons (Fsp3) is 0.333. The SMILES string of the molecule is O[C@H]1CCN(Cc2ccc3ccccc3c2)C1. The van der Waals surface area contributed by atoms with E-state index in [-0.39, 0.29) is 6.10 Å². The molecule has 88 valence electrons. The van der Waals surface area contributed by atoms with E-state index >= 15 is 0 Å². The summed E-state index contributed by atoms with van der Waals surface area (Å²) in [7, 11) is 0. The van der Waals surface area contributed by atoms with Gasteiger partial charge in [-0.15, -0.1) is 0 Å². The van der Waals surface area contributed by atoms with Gasteiger partial charge in [-0.2, -0.15) is 0 Å². The zero-order valence-electron chi connectivity index (χ0n) is 9.84. The Bertz CT molecular complexity index is 523. The lowest BCUT2D eigenvalue weighted by molar-refractivity contribution is 0.175. The van der Waals surface area contributed by atoms with Gasteiger partial charge in [0.15, 0.2) is 0 Å². The largest absolute Gasteiger partial charge is 0.392 e. The predicted octanol–water partition coefficient (Wildman–Crippen LogP) is 2.41. The molecule has 1 N–H and O–H groups in total. The average molecular weight is 227 g/mol. The number of hydrogen-bond acceptors (Lipinski definition) is 2. The molecule has 2 aromatic rings. The van der Waals surface area contributed by atoms with Crippen LogP contribution in [0.1, 0.15) is 12.0 Å². The lowest BCUT2D eigenvalue weighted by atomic mass is 10.1. The molecule has 0 unspecified atom stereocenters. The van der Waals surface area contributed by atoms with Crippen molar-refractivity contribution in [1.82, 2.24) is 4.90 Å². The maximum absolute atomic E-state index is 9.51. The molecule has 2 aromatic carbocycles. The number of benzene rings is 2. The van der Waals surface area contributed by atoms with Crippen molar-refractivity contribution >= 4 is 10.8 Å². The topological polar surface area (TPSA) is 23.5 Å². The van der Waals surface area contributed by atoms with Gasteiger partial charge >= 0.3 is 0 Å². The molecule has 1 fully saturated rings. The molecular formula is C15H17NO. The van der Waals surface area contributed by atoms with Gasteiger partial charge in [0, 0.05) is 19.6 Å². The second-order valence-electron chi connectivity index (χ2n) is 4.86. The number of rotatable bonds is 2. The Morgan fingerprint density at radius 2 is 1.94 bits per heavy atom. The summed E-state index contributed by atoms with van der Waals surface area (Å²) >= 11 is 0. The van der Waals surface area contributed by atoms with Crippen LogP contribution in [0.4, 0.5) is 0 Å². The van der Waals surface area contributed by atoms with E-state index in [1.54, 1.807) is 0 Å². The van der Waals surface area contributed by atoms with Gasteiger partial charge in [-0.05, 0) is 28.8 Å². The Morgan fingerprint density at radius 1 is 1.12 bits per heavy atom. The molecule has 2 nitrogen and oxygen atoms in total. The summed E-state index contributed by atoms with van der Waals surface area (Å²) in [5.74, 6) is 0. The Labute approximate surface area is 101 Å². The van der Waals surface area contributed by atoms with Crippen LogP contribution >= 0.6 is 0 Å². The first kappa shape index (κ1) is 10.8. The first-order valence-corrected chi connectivity index (χ1v) is 6.19. The lowest BCUT2D eigenvalue weighted by Gasteiger charge is -2.15. The summed E-state index contributed by atoms with van der Waals surface area (Å²) in [6.45, 7) is 2.77. The van der Waals surface area contributed by atoms with Crippen LogP contribution in [0.3, 0.4) is 0 Å². The zero-order chi connectivity index (χ0) is 11.7. The van der Waals surface area contributed by atoms with E-state index in [1.165, 1.54) is 16.3 Å². The van der Waals surface area contributed by atoms with Crippen LogP contribution in [0.2, 0.25) is 0 Å². The van der Waals surface area contributed by atoms with Gasteiger partial charge in [-0.1, -0.05) is 36.4 Å². The number of likely N-dealkylation sites (tertiary alicyclic amines) is 1. The highest BCUT2D eigenvalue weighted by Crippen LogP contribution is 2.18. The summed E-state index contributed by atoms with van der Waals surface area (Å²) < 4.78 is 0. The van der Waals surface area contributed by atoms with E-state index in [2.05, 4.69) is 47.4 Å². The molecule has 1 heterocycles. The minimum absolute atomic E-state index is 0.129. The smallest absolute Gasteiger partial charge is 0.0679 e. The molecular weight excluding hydrogens is 210 g/mol. The summed E-state index contributed by atoms with van der Waals surface area (Å²) in [4.78, 5) is 2.31. The minimum Gasteiger partial charge on any atom is -0.392 e. The normalized spacial score (nSPS) is 21.1. The molecule has 0 aromatic heterocycles. The second-order valence-corrected chi connectivity index (χ2v) is 4.86. The first-order chi connectivity index (χ1) is 8.31. The molecule has 0 bridgehead atoms. The van der Waals surface area contributed by atoms with Crippen LogP contribution in [0, 0.1) is 0 Å². The van der Waals surface area contributed by atoms with Gasteiger partial charge in [-0.3, -0.25) is 4.90 Å². The van der Waals surface area contributed by atoms with Crippen LogP contribution in [0.15, 0.2) is 42.5 Å². The predicted molar refractivity (Wildman–Crippen MR) is 69.8 cm³/mol. The van der Waals surface area contributed by atoms with E-state index in [4.69, 9.17) is 0 Å². The van der Waals surface area contributed by atoms with Gasteiger partial charge in [0.1, 0.15) is 0 Å². The minimum atomic E-state index is -0.129. The van der Waals surface area contributed by atoms with Crippen molar-refractivity contribution in [1.29, 1.82) is 0 Å². The fourth-order valence-electron chi connectivity index (χ4n) is 2.55. The van der Waals surface area contributed by atoms with Gasteiger partial charge in [0.05, 0.1) is 6.10 Å². The molecule has 0 amide bonds. The van der Waals surface area contributed by atoms with Crippen molar-refractivity contribution in [3.05, 3.63) is 48.0 Å². The highest BCUT2D eigenvalue weighted by Gasteiger charge is 2.19. The number of aliphatic hydroxyl groups is 1. The standard InChI is InChI=1S/C15H17NO/c17-15-7-8-16(11-15)10-12-5-6-13-3-1-2-4-14(13)9-12/h1-6,9,15,17H,7-8,10-11H2/t15-/m0/s1. The summed E-state index contributed by atoms with van der Waals surface area (Å²) in [5, 5.41) is 12.1. The van der Waals surface area contributed by atoms with Crippen LogP contribution in [-0.4, -0.2) is 29.2 Å². The third-order valence-electron chi connectivity index (χ3n) is 3.47. The third kappa shape index (κ3) is 2.33. The molecule has 2 heteroatoms. The first-order valence-electron chi connectivity index (χ1n) is 6.19. The Morgan fingerprint density at radius 3 is 2.71 bits per heavy atom. The van der Waals surface area contributed by atoms with Crippen molar-refractivity contribution in [2.75, 3.05) is 13.1 Å². The second kappa shape index (κ2) is 4.47. The number of fused-ring (bicyclic) bond motifs is 1. The quantitative estimate of drug-likeness (QED) is 0.851. The lowest BCUT2D eigenvalue weighted by Crippen LogP contribution is -2.21. The van der Waals surface area contributed by atoms with Crippen molar-refractivity contribution < 1.29 is 5.11 Å². The monoisotopic (exact) mass is 227 g/mol. The molecule has 1 aliphatic rings. The van der Waals surface area contributed by atoms with Gasteiger partial charge in [0.2, 0.25) is 0 Å². The highest BCUT2D eigenvalue weighted by molar-refractivity contribution is 5.82. The fourth-order valence-corrected chi connectivity index (χ4v) is 2.55. The van der Waals surface area contributed by atoms with Gasteiger partial charge < -0.3 is 5.11 Å². The maximum Gasteiger partial charge on any atom is 0.0679 e. The number of nitrogens with zero attached hydrogens (tertiary/aromatic N) is 1. The molecule has 0 radical (unpaired) electrons. The molecule has 0 spiro atoms. The summed E-state index contributed by atoms with van der Waals surface area (Å²) in [6, 6.07) is 15.0. The van der Waals surface area contributed by atoms with Crippen molar-refractivity contribution in [2.45, 2.75) is 19.1 Å². The molecule has 1 saturated heterocycles. The summed E-state index contributed by atoms with van der Waals surface area (Å²) in [5.41, 5.74) is 1.33. The molecule has 1 aliphatic heterocycles. The Hall–Kier alpha value is -1.38. The molecule has 0 aliphatic carbocycles. The Balaban J connectivity index is 1.81. The van der Waals surface area contributed by atoms with E-state index in [9.17, 15) is 5.11 Å². The van der Waals surface area contributed by atoms with Crippen LogP contribution in [0.5, 0.6) is 0 Å². The van der Waals surface area contributed by atoms with Gasteiger partial charge in [-0.25, -0.2) is 0 Å². The molecule has 3 rings (SSSR count). The van der Waals surface area contributed by atoms with Crippen molar-refractivity contribution in [3.8, 4) is 0 Å². The van der Waals surface area contributed by atoms with Crippen molar-refractivity contribution in [3.63, 3.8) is 0 Å². The van der Waals surface area contributed by atoms with E-state index in [0.29, 0.717) is 0 Å². The maximum atomic E-state index is 9.51. The molecule has 1 atom stereocenters. The average Bonchev–Trinajstić information content (AvgIpc) is 2.75. The van der Waals surface area contributed by atoms with E-state index in [1.807, 2.05) is 0 Å². The van der Waals surface area contributed by atoms with Crippen molar-refractivity contribution in [2.24, 2.45) is 0 Å². The number of hydrogen-bond donors (Lipinski definition) is 1. The van der Waals surface area contributed by atoms with Crippen LogP contribution in [-0.2, 0) is 6.54 Å². The molecule has 0 saturated carbocycles. The number of aliphatic hydroxyl groups excluding tert-OH is 1. The zero-order valence-corrected chi connectivity index (χ0v) is 9.84. The summed E-state index contributed by atoms with van der Waals surface area (Å²) in [6.07, 6.45) is 0.781. The van der Waals surface area contributed by atoms with E-state index < -0.39 is 0 Å². The number of β-amino-alcohol motifs (C(OH)–C–C–N with tert-alkyl or cyclic N) is 1. The Kier molecular flexibility index (Phi) is 2.83. The van der Waals surface area contributed by atoms with Crippen LogP contribution < -0.4 is 0 Å². The van der Waals surface area contributed by atoms with Crippen LogP contribution in [0.25, 0.3) is 10.8 Å². The third-order valence-corrected chi connectivity index (χ3v) is 3.47. The van der Waals surface area contributed by atoms with Gasteiger partial charge in [0.25, 0.3) is 0 Å².